The number of rotatable bonds is 5. The molecule has 2 rings (SSSR count). The zero-order valence-electron chi connectivity index (χ0n) is 10.6. The fourth-order valence-corrected chi connectivity index (χ4v) is 2.41. The van der Waals surface area contributed by atoms with Crippen molar-refractivity contribution in [3.63, 3.8) is 0 Å². The van der Waals surface area contributed by atoms with Gasteiger partial charge in [0.25, 0.3) is 11.7 Å². The second-order valence-electron chi connectivity index (χ2n) is 4.42. The Balaban J connectivity index is 2.17. The number of anilines is 1. The fourth-order valence-electron chi connectivity index (χ4n) is 2.14. The smallest absolute Gasteiger partial charge is 0.299 e. The number of halogens is 1. The number of Topliss-reactive ketones (excluding diaryl/α,β-unsaturated/α-hetero) is 2. The summed E-state index contributed by atoms with van der Waals surface area (Å²) in [4.78, 5) is 36.3. The first-order chi connectivity index (χ1) is 9.06. The SMILES string of the molecule is CCC(=O)CCCN1C(=O)C(=O)c2cccc(Cl)c21. The fraction of sp³-hybridized carbons (Fsp3) is 0.357. The Hall–Kier alpha value is -1.68. The molecule has 0 saturated heterocycles. The lowest BCUT2D eigenvalue weighted by Crippen LogP contribution is -2.31. The molecule has 1 heterocycles. The van der Waals surface area contributed by atoms with Crippen molar-refractivity contribution in [3.8, 4) is 0 Å². The molecule has 0 radical (unpaired) electrons. The summed E-state index contributed by atoms with van der Waals surface area (Å²) in [5, 5.41) is 0.388. The Kier molecular flexibility index (Phi) is 4.00. The van der Waals surface area contributed by atoms with E-state index in [1.807, 2.05) is 0 Å². The van der Waals surface area contributed by atoms with Crippen LogP contribution in [0.4, 0.5) is 5.69 Å². The minimum Gasteiger partial charge on any atom is -0.303 e. The average Bonchev–Trinajstić information content (AvgIpc) is 2.65. The monoisotopic (exact) mass is 279 g/mol. The first kappa shape index (κ1) is 13.7. The molecule has 1 aliphatic heterocycles. The van der Waals surface area contributed by atoms with Crippen LogP contribution in [0, 0.1) is 0 Å². The van der Waals surface area contributed by atoms with E-state index in [9.17, 15) is 14.4 Å². The van der Waals surface area contributed by atoms with Crippen molar-refractivity contribution in [2.24, 2.45) is 0 Å². The van der Waals surface area contributed by atoms with Gasteiger partial charge in [-0.3, -0.25) is 14.4 Å². The molecule has 1 aromatic carbocycles. The van der Waals surface area contributed by atoms with Crippen LogP contribution in [0.15, 0.2) is 18.2 Å². The standard InChI is InChI=1S/C14H14ClNO3/c1-2-9(17)5-4-8-16-12-10(13(18)14(16)19)6-3-7-11(12)15/h3,6-7H,2,4-5,8H2,1H3. The van der Waals surface area contributed by atoms with Crippen molar-refractivity contribution < 1.29 is 14.4 Å². The van der Waals surface area contributed by atoms with E-state index in [1.54, 1.807) is 25.1 Å². The molecule has 19 heavy (non-hydrogen) atoms. The molecule has 4 nitrogen and oxygen atoms in total. The molecule has 0 aliphatic carbocycles. The van der Waals surface area contributed by atoms with Crippen LogP contribution >= 0.6 is 11.6 Å². The first-order valence-electron chi connectivity index (χ1n) is 6.22. The van der Waals surface area contributed by atoms with Gasteiger partial charge in [-0.2, -0.15) is 0 Å². The molecule has 1 amide bonds. The topological polar surface area (TPSA) is 54.5 Å². The molecular weight excluding hydrogens is 266 g/mol. The van der Waals surface area contributed by atoms with Gasteiger partial charge in [0.2, 0.25) is 0 Å². The number of fused-ring (bicyclic) bond motifs is 1. The van der Waals surface area contributed by atoms with Gasteiger partial charge in [0.15, 0.2) is 0 Å². The number of nitrogens with zero attached hydrogens (tertiary/aromatic N) is 1. The Morgan fingerprint density at radius 3 is 2.74 bits per heavy atom. The molecule has 0 atom stereocenters. The highest BCUT2D eigenvalue weighted by Crippen LogP contribution is 2.35. The first-order valence-corrected chi connectivity index (χ1v) is 6.60. The van der Waals surface area contributed by atoms with Gasteiger partial charge in [0, 0.05) is 19.4 Å². The molecule has 0 aromatic heterocycles. The summed E-state index contributed by atoms with van der Waals surface area (Å²) in [6.45, 7) is 2.14. The molecule has 0 unspecified atom stereocenters. The summed E-state index contributed by atoms with van der Waals surface area (Å²) in [5.74, 6) is -0.941. The van der Waals surface area contributed by atoms with Gasteiger partial charge in [-0.25, -0.2) is 0 Å². The molecule has 1 aromatic rings. The van der Waals surface area contributed by atoms with Gasteiger partial charge in [-0.05, 0) is 18.6 Å². The molecule has 0 saturated carbocycles. The average molecular weight is 280 g/mol. The maximum atomic E-state index is 11.9. The van der Waals surface area contributed by atoms with E-state index in [2.05, 4.69) is 0 Å². The Morgan fingerprint density at radius 1 is 1.32 bits per heavy atom. The van der Waals surface area contributed by atoms with E-state index in [1.165, 1.54) is 4.90 Å². The summed E-state index contributed by atoms with van der Waals surface area (Å²) in [6, 6.07) is 4.89. The number of ketones is 2. The van der Waals surface area contributed by atoms with Gasteiger partial charge < -0.3 is 4.90 Å². The van der Waals surface area contributed by atoms with Crippen molar-refractivity contribution in [1.29, 1.82) is 0 Å². The zero-order valence-corrected chi connectivity index (χ0v) is 11.4. The van der Waals surface area contributed by atoms with Crippen LogP contribution in [0.5, 0.6) is 0 Å². The Bertz CT molecular complexity index is 554. The van der Waals surface area contributed by atoms with Crippen molar-refractivity contribution in [1.82, 2.24) is 0 Å². The van der Waals surface area contributed by atoms with Gasteiger partial charge in [0.1, 0.15) is 5.78 Å². The van der Waals surface area contributed by atoms with E-state index < -0.39 is 11.7 Å². The molecule has 0 spiro atoms. The number of carbonyl (C=O) groups is 3. The zero-order chi connectivity index (χ0) is 14.0. The number of hydrogen-bond donors (Lipinski definition) is 0. The molecule has 1 aliphatic rings. The third kappa shape index (κ3) is 2.54. The van der Waals surface area contributed by atoms with E-state index in [0.29, 0.717) is 42.1 Å². The molecule has 0 bridgehead atoms. The van der Waals surface area contributed by atoms with Crippen molar-refractivity contribution in [3.05, 3.63) is 28.8 Å². The molecule has 0 N–H and O–H groups in total. The number of benzene rings is 1. The lowest BCUT2D eigenvalue weighted by Gasteiger charge is -2.17. The Labute approximate surface area is 116 Å². The van der Waals surface area contributed by atoms with Crippen LogP contribution in [0.1, 0.15) is 36.5 Å². The number of amides is 1. The second-order valence-corrected chi connectivity index (χ2v) is 4.82. The molecule has 5 heteroatoms. The maximum Gasteiger partial charge on any atom is 0.299 e. The highest BCUT2D eigenvalue weighted by atomic mass is 35.5. The van der Waals surface area contributed by atoms with Gasteiger partial charge >= 0.3 is 0 Å². The van der Waals surface area contributed by atoms with Crippen LogP contribution in [0.25, 0.3) is 0 Å². The van der Waals surface area contributed by atoms with Crippen LogP contribution < -0.4 is 4.90 Å². The van der Waals surface area contributed by atoms with E-state index >= 15 is 0 Å². The predicted molar refractivity (Wildman–Crippen MR) is 72.7 cm³/mol. The Morgan fingerprint density at radius 2 is 2.05 bits per heavy atom. The summed E-state index contributed by atoms with van der Waals surface area (Å²) in [6.07, 6.45) is 1.44. The molecular formula is C14H14ClNO3. The minimum absolute atomic E-state index is 0.150. The van der Waals surface area contributed by atoms with E-state index in [0.717, 1.165) is 0 Å². The van der Waals surface area contributed by atoms with Crippen molar-refractivity contribution in [2.75, 3.05) is 11.4 Å². The highest BCUT2D eigenvalue weighted by molar-refractivity contribution is 6.54. The molecule has 100 valence electrons. The van der Waals surface area contributed by atoms with Gasteiger partial charge in [-0.15, -0.1) is 0 Å². The summed E-state index contributed by atoms with van der Waals surface area (Å²) in [5.41, 5.74) is 0.822. The highest BCUT2D eigenvalue weighted by Gasteiger charge is 2.36. The quantitative estimate of drug-likeness (QED) is 0.779. The van der Waals surface area contributed by atoms with Crippen LogP contribution in [0.3, 0.4) is 0 Å². The summed E-state index contributed by atoms with van der Waals surface area (Å²) < 4.78 is 0. The number of para-hydroxylation sites is 1. The minimum atomic E-state index is -0.563. The lowest BCUT2D eigenvalue weighted by molar-refractivity contribution is -0.119. The van der Waals surface area contributed by atoms with Crippen LogP contribution in [0.2, 0.25) is 5.02 Å². The second kappa shape index (κ2) is 5.53. The lowest BCUT2D eigenvalue weighted by atomic mass is 10.1. The third-order valence-corrected chi connectivity index (χ3v) is 3.48. The van der Waals surface area contributed by atoms with Crippen LogP contribution in [-0.4, -0.2) is 24.0 Å². The number of carbonyl (C=O) groups excluding carboxylic acids is 3. The summed E-state index contributed by atoms with van der Waals surface area (Å²) >= 11 is 6.05. The third-order valence-electron chi connectivity index (χ3n) is 3.17. The predicted octanol–water partition coefficient (Wildman–Crippen LogP) is 2.63. The van der Waals surface area contributed by atoms with E-state index in [4.69, 9.17) is 11.6 Å². The number of hydrogen-bond acceptors (Lipinski definition) is 3. The summed E-state index contributed by atoms with van der Waals surface area (Å²) in [7, 11) is 0. The van der Waals surface area contributed by atoms with Gasteiger partial charge in [-0.1, -0.05) is 24.6 Å². The van der Waals surface area contributed by atoms with E-state index in [-0.39, 0.29) is 5.78 Å². The normalized spacial score (nSPS) is 13.9. The largest absolute Gasteiger partial charge is 0.303 e. The van der Waals surface area contributed by atoms with Gasteiger partial charge in [0.05, 0.1) is 16.3 Å². The maximum absolute atomic E-state index is 11.9. The van der Waals surface area contributed by atoms with Crippen LogP contribution in [-0.2, 0) is 9.59 Å². The van der Waals surface area contributed by atoms with Crippen molar-refractivity contribution >= 4 is 34.8 Å². The van der Waals surface area contributed by atoms with Crippen molar-refractivity contribution in [2.45, 2.75) is 26.2 Å². The molecule has 0 fully saturated rings.